The number of imidazole rings is 1. The molecule has 0 bridgehead atoms. The van der Waals surface area contributed by atoms with Crippen LogP contribution >= 0.6 is 0 Å². The fourth-order valence-electron chi connectivity index (χ4n) is 3.04. The van der Waals surface area contributed by atoms with E-state index in [1.54, 1.807) is 0 Å². The smallest absolute Gasteiger partial charge is 0.0958 e. The number of nitrogens with zero attached hydrogens (tertiary/aromatic N) is 4. The highest BCUT2D eigenvalue weighted by molar-refractivity contribution is 5.23. The van der Waals surface area contributed by atoms with Crippen molar-refractivity contribution in [2.24, 2.45) is 12.8 Å². The highest BCUT2D eigenvalue weighted by atomic mass is 15.2. The molecule has 102 valence electrons. The van der Waals surface area contributed by atoms with Crippen LogP contribution in [0.5, 0.6) is 0 Å². The van der Waals surface area contributed by atoms with Gasteiger partial charge in [-0.1, -0.05) is 0 Å². The summed E-state index contributed by atoms with van der Waals surface area (Å²) < 4.78 is 4.09. The molecular formula is C14H21N5. The average Bonchev–Trinajstić information content (AvgIpc) is 2.98. The summed E-state index contributed by atoms with van der Waals surface area (Å²) in [6.07, 6.45) is 10.6. The maximum absolute atomic E-state index is 6.22. The van der Waals surface area contributed by atoms with E-state index in [4.69, 9.17) is 5.73 Å². The summed E-state index contributed by atoms with van der Waals surface area (Å²) in [5.74, 6) is 0. The first kappa shape index (κ1) is 12.4. The molecule has 0 saturated carbocycles. The summed E-state index contributed by atoms with van der Waals surface area (Å²) in [7, 11) is 1.94. The van der Waals surface area contributed by atoms with Gasteiger partial charge in [-0.05, 0) is 32.6 Å². The monoisotopic (exact) mass is 259 g/mol. The summed E-state index contributed by atoms with van der Waals surface area (Å²) >= 11 is 0. The molecule has 0 aromatic carbocycles. The number of fused-ring (bicyclic) bond motifs is 1. The molecule has 0 radical (unpaired) electrons. The van der Waals surface area contributed by atoms with Gasteiger partial charge in [0.05, 0.1) is 24.3 Å². The lowest BCUT2D eigenvalue weighted by molar-refractivity contribution is 0.473. The molecule has 2 unspecified atom stereocenters. The van der Waals surface area contributed by atoms with E-state index in [1.807, 2.05) is 37.4 Å². The Bertz CT molecular complexity index is 566. The molecular weight excluding hydrogens is 238 g/mol. The second kappa shape index (κ2) is 4.81. The molecule has 0 aliphatic heterocycles. The van der Waals surface area contributed by atoms with Crippen LogP contribution in [0.3, 0.4) is 0 Å². The molecule has 2 aromatic rings. The Morgan fingerprint density at radius 2 is 2.11 bits per heavy atom. The van der Waals surface area contributed by atoms with Crippen LogP contribution in [0, 0.1) is 0 Å². The highest BCUT2D eigenvalue weighted by Crippen LogP contribution is 2.27. The molecule has 0 saturated heterocycles. The number of hydrogen-bond acceptors (Lipinski definition) is 3. The van der Waals surface area contributed by atoms with Gasteiger partial charge in [-0.3, -0.25) is 4.68 Å². The molecule has 0 fully saturated rings. The molecule has 0 spiro atoms. The highest BCUT2D eigenvalue weighted by Gasteiger charge is 2.25. The Balaban J connectivity index is 2.03. The second-order valence-corrected chi connectivity index (χ2v) is 5.50. The van der Waals surface area contributed by atoms with Crippen LogP contribution in [0.2, 0.25) is 0 Å². The number of aromatic nitrogens is 4. The van der Waals surface area contributed by atoms with Gasteiger partial charge in [-0.25, -0.2) is 4.98 Å². The maximum Gasteiger partial charge on any atom is 0.0958 e. The predicted molar refractivity (Wildman–Crippen MR) is 73.9 cm³/mol. The van der Waals surface area contributed by atoms with Gasteiger partial charge in [0.15, 0.2) is 0 Å². The first-order valence-electron chi connectivity index (χ1n) is 6.95. The minimum absolute atomic E-state index is 0.0319. The van der Waals surface area contributed by atoms with Crippen molar-refractivity contribution in [3.8, 4) is 0 Å². The first-order valence-corrected chi connectivity index (χ1v) is 6.95. The molecule has 0 amide bonds. The van der Waals surface area contributed by atoms with Gasteiger partial charge in [-0.15, -0.1) is 0 Å². The molecule has 2 heterocycles. The zero-order chi connectivity index (χ0) is 13.4. The molecule has 2 atom stereocenters. The van der Waals surface area contributed by atoms with Gasteiger partial charge >= 0.3 is 0 Å². The maximum atomic E-state index is 6.22. The fourth-order valence-corrected chi connectivity index (χ4v) is 3.04. The van der Waals surface area contributed by atoms with E-state index in [9.17, 15) is 0 Å². The SMILES string of the molecule is CC(N)C(c1cnn(C)c1)n1cnc2c1CCCC2. The molecule has 19 heavy (non-hydrogen) atoms. The van der Waals surface area contributed by atoms with Gasteiger partial charge < -0.3 is 10.3 Å². The third-order valence-electron chi connectivity index (χ3n) is 3.92. The minimum Gasteiger partial charge on any atom is -0.326 e. The number of aryl methyl sites for hydroxylation is 2. The lowest BCUT2D eigenvalue weighted by Crippen LogP contribution is -2.31. The third kappa shape index (κ3) is 2.18. The van der Waals surface area contributed by atoms with Crippen molar-refractivity contribution in [3.05, 3.63) is 35.7 Å². The summed E-state index contributed by atoms with van der Waals surface area (Å²) in [5, 5.41) is 4.27. The second-order valence-electron chi connectivity index (χ2n) is 5.50. The van der Waals surface area contributed by atoms with Crippen LogP contribution in [0.4, 0.5) is 0 Å². The topological polar surface area (TPSA) is 61.7 Å². The lowest BCUT2D eigenvalue weighted by Gasteiger charge is -2.25. The van der Waals surface area contributed by atoms with Crippen LogP contribution in [0.1, 0.15) is 42.8 Å². The predicted octanol–water partition coefficient (Wildman–Crippen LogP) is 1.43. The third-order valence-corrected chi connectivity index (χ3v) is 3.92. The van der Waals surface area contributed by atoms with Crippen molar-refractivity contribution in [2.45, 2.75) is 44.7 Å². The molecule has 5 nitrogen and oxygen atoms in total. The van der Waals surface area contributed by atoms with Gasteiger partial charge in [0.2, 0.25) is 0 Å². The summed E-state index contributed by atoms with van der Waals surface area (Å²) in [6, 6.07) is 0.160. The Morgan fingerprint density at radius 1 is 1.32 bits per heavy atom. The fraction of sp³-hybridized carbons (Fsp3) is 0.571. The summed E-state index contributed by atoms with van der Waals surface area (Å²) in [5.41, 5.74) is 9.98. The van der Waals surface area contributed by atoms with E-state index in [0.717, 1.165) is 18.4 Å². The summed E-state index contributed by atoms with van der Waals surface area (Å²) in [6.45, 7) is 2.05. The van der Waals surface area contributed by atoms with Crippen LogP contribution in [0.15, 0.2) is 18.7 Å². The number of nitrogens with two attached hydrogens (primary N) is 1. The van der Waals surface area contributed by atoms with E-state index < -0.39 is 0 Å². The van der Waals surface area contributed by atoms with Crippen LogP contribution in [0.25, 0.3) is 0 Å². The Kier molecular flexibility index (Phi) is 3.14. The number of rotatable bonds is 3. The molecule has 2 N–H and O–H groups in total. The van der Waals surface area contributed by atoms with E-state index in [-0.39, 0.29) is 12.1 Å². The standard InChI is InChI=1S/C14H21N5/c1-10(15)14(11-7-17-18(2)8-11)19-9-16-12-5-3-4-6-13(12)19/h7-10,14H,3-6,15H2,1-2H3. The van der Waals surface area contributed by atoms with Crippen LogP contribution in [-0.2, 0) is 19.9 Å². The van der Waals surface area contributed by atoms with E-state index in [1.165, 1.54) is 24.2 Å². The van der Waals surface area contributed by atoms with Crippen molar-refractivity contribution >= 4 is 0 Å². The van der Waals surface area contributed by atoms with Crippen molar-refractivity contribution in [1.82, 2.24) is 19.3 Å². The molecule has 1 aliphatic rings. The minimum atomic E-state index is 0.0319. The van der Waals surface area contributed by atoms with Gasteiger partial charge in [0.25, 0.3) is 0 Å². The average molecular weight is 259 g/mol. The molecule has 5 heteroatoms. The van der Waals surface area contributed by atoms with Crippen molar-refractivity contribution < 1.29 is 0 Å². The van der Waals surface area contributed by atoms with Gasteiger partial charge in [-0.2, -0.15) is 5.10 Å². The molecule has 1 aliphatic carbocycles. The zero-order valence-corrected chi connectivity index (χ0v) is 11.6. The van der Waals surface area contributed by atoms with E-state index >= 15 is 0 Å². The van der Waals surface area contributed by atoms with Crippen molar-refractivity contribution in [3.63, 3.8) is 0 Å². The van der Waals surface area contributed by atoms with Crippen LogP contribution < -0.4 is 5.73 Å². The van der Waals surface area contributed by atoms with Crippen LogP contribution in [-0.4, -0.2) is 25.4 Å². The zero-order valence-electron chi connectivity index (χ0n) is 11.6. The Hall–Kier alpha value is -1.62. The van der Waals surface area contributed by atoms with Crippen molar-refractivity contribution in [2.75, 3.05) is 0 Å². The Labute approximate surface area is 113 Å². The summed E-state index contributed by atoms with van der Waals surface area (Å²) in [4.78, 5) is 4.57. The largest absolute Gasteiger partial charge is 0.326 e. The van der Waals surface area contributed by atoms with Gasteiger partial charge in [0.1, 0.15) is 0 Å². The molecule has 3 rings (SSSR count). The van der Waals surface area contributed by atoms with Crippen molar-refractivity contribution in [1.29, 1.82) is 0 Å². The Morgan fingerprint density at radius 3 is 2.79 bits per heavy atom. The lowest BCUT2D eigenvalue weighted by atomic mass is 9.98. The normalized spacial score (nSPS) is 18.1. The first-order chi connectivity index (χ1) is 9.16. The van der Waals surface area contributed by atoms with E-state index in [2.05, 4.69) is 14.6 Å². The van der Waals surface area contributed by atoms with Gasteiger partial charge in [0, 0.05) is 30.5 Å². The molecule has 2 aromatic heterocycles. The quantitative estimate of drug-likeness (QED) is 0.907. The van der Waals surface area contributed by atoms with E-state index in [0.29, 0.717) is 0 Å². The number of hydrogen-bond donors (Lipinski definition) is 1.